The number of amides is 1. The first kappa shape index (κ1) is 17.7. The number of rotatable bonds is 9. The smallest absolute Gasteiger partial charge is 0.303 e. The van der Waals surface area contributed by atoms with Crippen molar-refractivity contribution < 1.29 is 14.7 Å². The molecule has 0 spiro atoms. The minimum Gasteiger partial charge on any atom is -0.481 e. The summed E-state index contributed by atoms with van der Waals surface area (Å²) in [6.45, 7) is 4.44. The van der Waals surface area contributed by atoms with Crippen LogP contribution in [0.15, 0.2) is 16.8 Å². The van der Waals surface area contributed by atoms with Gasteiger partial charge in [-0.3, -0.25) is 9.59 Å². The van der Waals surface area contributed by atoms with E-state index in [9.17, 15) is 9.59 Å². The molecule has 1 rings (SSSR count). The van der Waals surface area contributed by atoms with E-state index >= 15 is 0 Å². The van der Waals surface area contributed by atoms with Crippen molar-refractivity contribution in [1.82, 2.24) is 5.32 Å². The zero-order valence-electron chi connectivity index (χ0n) is 12.5. The van der Waals surface area contributed by atoms with E-state index in [0.29, 0.717) is 18.9 Å². The van der Waals surface area contributed by atoms with Crippen LogP contribution in [0.1, 0.15) is 32.3 Å². The van der Waals surface area contributed by atoms with Crippen LogP contribution in [0.5, 0.6) is 0 Å². The summed E-state index contributed by atoms with van der Waals surface area (Å²) < 4.78 is 0. The van der Waals surface area contributed by atoms with Gasteiger partial charge in [0.05, 0.1) is 6.04 Å². The minimum atomic E-state index is -0.836. The van der Waals surface area contributed by atoms with Gasteiger partial charge in [0.15, 0.2) is 0 Å². The Morgan fingerprint density at radius 2 is 2.14 bits per heavy atom. The molecule has 0 aliphatic carbocycles. The molecule has 118 valence electrons. The van der Waals surface area contributed by atoms with Gasteiger partial charge in [-0.1, -0.05) is 13.8 Å². The SMILES string of the molecule is CC(C)C[C@H](CNC(=O)[C@H](N)Cc1ccsc1)CC(=O)O. The molecule has 4 N–H and O–H groups in total. The molecule has 1 aromatic heterocycles. The molecule has 21 heavy (non-hydrogen) atoms. The van der Waals surface area contributed by atoms with Gasteiger partial charge in [-0.2, -0.15) is 11.3 Å². The zero-order chi connectivity index (χ0) is 15.8. The van der Waals surface area contributed by atoms with Gasteiger partial charge in [-0.05, 0) is 47.1 Å². The minimum absolute atomic E-state index is 0.0557. The van der Waals surface area contributed by atoms with Gasteiger partial charge >= 0.3 is 5.97 Å². The Labute approximate surface area is 129 Å². The number of nitrogens with two attached hydrogens (primary N) is 1. The van der Waals surface area contributed by atoms with E-state index in [-0.39, 0.29) is 18.2 Å². The lowest BCUT2D eigenvalue weighted by atomic mass is 9.94. The summed E-state index contributed by atoms with van der Waals surface area (Å²) in [6.07, 6.45) is 1.34. The predicted molar refractivity (Wildman–Crippen MR) is 84.2 cm³/mol. The number of carbonyl (C=O) groups excluding carboxylic acids is 1. The Kier molecular flexibility index (Phi) is 7.39. The lowest BCUT2D eigenvalue weighted by Gasteiger charge is -2.19. The molecule has 5 nitrogen and oxygen atoms in total. The number of nitrogens with one attached hydrogen (secondary N) is 1. The molecule has 0 radical (unpaired) electrons. The fourth-order valence-electron chi connectivity index (χ4n) is 2.28. The molecule has 1 heterocycles. The quantitative estimate of drug-likeness (QED) is 0.649. The summed E-state index contributed by atoms with van der Waals surface area (Å²) in [4.78, 5) is 22.8. The van der Waals surface area contributed by atoms with Crippen LogP contribution < -0.4 is 11.1 Å². The lowest BCUT2D eigenvalue weighted by molar-refractivity contribution is -0.138. The van der Waals surface area contributed by atoms with Crippen molar-refractivity contribution in [2.75, 3.05) is 6.54 Å². The average Bonchev–Trinajstić information content (AvgIpc) is 2.86. The number of thiophene rings is 1. The second-order valence-electron chi connectivity index (χ2n) is 5.78. The van der Waals surface area contributed by atoms with Crippen molar-refractivity contribution in [2.45, 2.75) is 39.2 Å². The second-order valence-corrected chi connectivity index (χ2v) is 6.56. The van der Waals surface area contributed by atoms with Crippen molar-refractivity contribution >= 4 is 23.2 Å². The molecule has 1 amide bonds. The van der Waals surface area contributed by atoms with E-state index in [2.05, 4.69) is 5.32 Å². The van der Waals surface area contributed by atoms with E-state index in [1.54, 1.807) is 11.3 Å². The molecular formula is C15H24N2O3S. The van der Waals surface area contributed by atoms with Gasteiger partial charge in [0.25, 0.3) is 0 Å². The number of aliphatic carboxylic acids is 1. The maximum atomic E-state index is 12.0. The fourth-order valence-corrected chi connectivity index (χ4v) is 2.97. The summed E-state index contributed by atoms with van der Waals surface area (Å²) in [5.41, 5.74) is 6.92. The molecule has 2 atom stereocenters. The van der Waals surface area contributed by atoms with E-state index in [1.807, 2.05) is 30.7 Å². The van der Waals surface area contributed by atoms with Crippen LogP contribution in [0.3, 0.4) is 0 Å². The van der Waals surface area contributed by atoms with Crippen molar-refractivity contribution in [3.05, 3.63) is 22.4 Å². The zero-order valence-corrected chi connectivity index (χ0v) is 13.4. The van der Waals surface area contributed by atoms with Crippen LogP contribution in [-0.4, -0.2) is 29.6 Å². The van der Waals surface area contributed by atoms with Gasteiger partial charge in [0, 0.05) is 13.0 Å². The highest BCUT2D eigenvalue weighted by Gasteiger charge is 2.19. The Balaban J connectivity index is 2.42. The summed E-state index contributed by atoms with van der Waals surface area (Å²) in [5, 5.41) is 15.6. The molecule has 0 aromatic carbocycles. The van der Waals surface area contributed by atoms with Gasteiger partial charge in [0.2, 0.25) is 5.91 Å². The molecular weight excluding hydrogens is 288 g/mol. The van der Waals surface area contributed by atoms with E-state index in [0.717, 1.165) is 12.0 Å². The molecule has 1 aromatic rings. The van der Waals surface area contributed by atoms with Crippen LogP contribution in [0, 0.1) is 11.8 Å². The van der Waals surface area contributed by atoms with Gasteiger partial charge in [-0.15, -0.1) is 0 Å². The van der Waals surface area contributed by atoms with Crippen molar-refractivity contribution in [1.29, 1.82) is 0 Å². The molecule has 0 saturated heterocycles. The Bertz CT molecular complexity index is 446. The first-order valence-electron chi connectivity index (χ1n) is 7.14. The van der Waals surface area contributed by atoms with E-state index in [1.165, 1.54) is 0 Å². The molecule has 0 aliphatic heterocycles. The fraction of sp³-hybridized carbons (Fsp3) is 0.600. The third-order valence-electron chi connectivity index (χ3n) is 3.21. The molecule has 0 bridgehead atoms. The number of carboxylic acid groups (broad SMARTS) is 1. The molecule has 0 saturated carbocycles. The highest BCUT2D eigenvalue weighted by Crippen LogP contribution is 2.15. The maximum Gasteiger partial charge on any atom is 0.303 e. The van der Waals surface area contributed by atoms with Crippen LogP contribution in [0.25, 0.3) is 0 Å². The predicted octanol–water partition coefficient (Wildman–Crippen LogP) is 1.87. The Hall–Kier alpha value is -1.40. The van der Waals surface area contributed by atoms with Crippen molar-refractivity contribution in [3.63, 3.8) is 0 Å². The Morgan fingerprint density at radius 3 is 2.67 bits per heavy atom. The second kappa shape index (κ2) is 8.79. The topological polar surface area (TPSA) is 92.4 Å². The molecule has 0 fully saturated rings. The number of hydrogen-bond donors (Lipinski definition) is 3. The number of hydrogen-bond acceptors (Lipinski definition) is 4. The van der Waals surface area contributed by atoms with E-state index in [4.69, 9.17) is 10.8 Å². The normalized spacial score (nSPS) is 13.9. The van der Waals surface area contributed by atoms with Crippen LogP contribution in [0.2, 0.25) is 0 Å². The van der Waals surface area contributed by atoms with Crippen LogP contribution in [-0.2, 0) is 16.0 Å². The standard InChI is InChI=1S/C15H24N2O3S/c1-10(2)5-12(7-14(18)19)8-17-15(20)13(16)6-11-3-4-21-9-11/h3-4,9-10,12-13H,5-8,16H2,1-2H3,(H,17,20)(H,18,19)/t12-,13+/m0/s1. The van der Waals surface area contributed by atoms with Gasteiger partial charge in [-0.25, -0.2) is 0 Å². The molecule has 6 heteroatoms. The third kappa shape index (κ3) is 7.24. The van der Waals surface area contributed by atoms with Crippen molar-refractivity contribution in [2.24, 2.45) is 17.6 Å². The summed E-state index contributed by atoms with van der Waals surface area (Å²) >= 11 is 1.57. The van der Waals surface area contributed by atoms with E-state index < -0.39 is 12.0 Å². The summed E-state index contributed by atoms with van der Waals surface area (Å²) in [5.74, 6) is -0.719. The van der Waals surface area contributed by atoms with Gasteiger partial charge < -0.3 is 16.2 Å². The lowest BCUT2D eigenvalue weighted by Crippen LogP contribution is -2.44. The first-order chi connectivity index (χ1) is 9.88. The first-order valence-corrected chi connectivity index (χ1v) is 8.09. The third-order valence-corrected chi connectivity index (χ3v) is 3.94. The largest absolute Gasteiger partial charge is 0.481 e. The molecule has 0 aliphatic rings. The van der Waals surface area contributed by atoms with Gasteiger partial charge in [0.1, 0.15) is 0 Å². The summed E-state index contributed by atoms with van der Waals surface area (Å²) in [6, 6.07) is 1.35. The number of carbonyl (C=O) groups is 2. The highest BCUT2D eigenvalue weighted by molar-refractivity contribution is 7.07. The maximum absolute atomic E-state index is 12.0. The summed E-state index contributed by atoms with van der Waals surface area (Å²) in [7, 11) is 0. The monoisotopic (exact) mass is 312 g/mol. The van der Waals surface area contributed by atoms with Crippen LogP contribution in [0.4, 0.5) is 0 Å². The highest BCUT2D eigenvalue weighted by atomic mass is 32.1. The average molecular weight is 312 g/mol. The van der Waals surface area contributed by atoms with Crippen molar-refractivity contribution in [3.8, 4) is 0 Å². The van der Waals surface area contributed by atoms with Crippen LogP contribution >= 0.6 is 11.3 Å². The Morgan fingerprint density at radius 1 is 1.43 bits per heavy atom. The number of carboxylic acids is 1. The molecule has 0 unspecified atom stereocenters.